The molecule has 0 aromatic heterocycles. The number of carbonyl (C=O) groups is 3. The van der Waals surface area contributed by atoms with Gasteiger partial charge in [-0.15, -0.1) is 0 Å². The van der Waals surface area contributed by atoms with Crippen LogP contribution in [0, 0.1) is 0 Å². The monoisotopic (exact) mass is 290 g/mol. The molecule has 2 amide bonds. The van der Waals surface area contributed by atoms with Crippen molar-refractivity contribution in [1.29, 1.82) is 0 Å². The van der Waals surface area contributed by atoms with E-state index in [1.165, 1.54) is 19.1 Å². The summed E-state index contributed by atoms with van der Waals surface area (Å²) in [5, 5.41) is 11.2. The number of hydrogen-bond acceptors (Lipinski definition) is 5. The third-order valence-electron chi connectivity index (χ3n) is 2.52. The zero-order valence-corrected chi connectivity index (χ0v) is 12.0. The van der Waals surface area contributed by atoms with E-state index in [0.717, 1.165) is 0 Å². The number of carboxylic acids is 1. The molecule has 0 heterocycles. The molecule has 0 radical (unpaired) electrons. The molecule has 8 nitrogen and oxygen atoms in total. The van der Waals surface area contributed by atoms with Crippen molar-refractivity contribution < 1.29 is 29.0 Å². The van der Waals surface area contributed by atoms with Crippen LogP contribution in [-0.4, -0.2) is 67.9 Å². The summed E-state index contributed by atoms with van der Waals surface area (Å²) in [6.45, 7) is 2.41. The molecule has 0 fully saturated rings. The van der Waals surface area contributed by atoms with Crippen molar-refractivity contribution in [1.82, 2.24) is 10.2 Å². The van der Waals surface area contributed by atoms with Gasteiger partial charge in [0.25, 0.3) is 0 Å². The first-order valence-electron chi connectivity index (χ1n) is 6.23. The molecule has 1 unspecified atom stereocenters. The van der Waals surface area contributed by atoms with Crippen LogP contribution >= 0.6 is 0 Å². The van der Waals surface area contributed by atoms with E-state index in [-0.39, 0.29) is 19.4 Å². The van der Waals surface area contributed by atoms with Crippen LogP contribution in [0.1, 0.15) is 19.8 Å². The number of carbonyl (C=O) groups excluding carboxylic acids is 2. The first-order chi connectivity index (χ1) is 9.40. The summed E-state index contributed by atoms with van der Waals surface area (Å²) in [5.41, 5.74) is 0. The summed E-state index contributed by atoms with van der Waals surface area (Å²) in [5.74, 6) is -1.41. The highest BCUT2D eigenvalue weighted by atomic mass is 16.5. The summed E-state index contributed by atoms with van der Waals surface area (Å²) < 4.78 is 9.41. The zero-order chi connectivity index (χ0) is 15.5. The van der Waals surface area contributed by atoms with Crippen molar-refractivity contribution in [3.8, 4) is 0 Å². The lowest BCUT2D eigenvalue weighted by atomic mass is 10.2. The van der Waals surface area contributed by atoms with Gasteiger partial charge in [-0.3, -0.25) is 9.59 Å². The summed E-state index contributed by atoms with van der Waals surface area (Å²) >= 11 is 0. The highest BCUT2D eigenvalue weighted by Gasteiger charge is 2.18. The van der Waals surface area contributed by atoms with Crippen LogP contribution in [0.25, 0.3) is 0 Å². The summed E-state index contributed by atoms with van der Waals surface area (Å²) in [7, 11) is 2.78. The number of rotatable bonds is 9. The predicted molar refractivity (Wildman–Crippen MR) is 70.3 cm³/mol. The Bertz CT molecular complexity index is 334. The highest BCUT2D eigenvalue weighted by molar-refractivity contribution is 5.77. The van der Waals surface area contributed by atoms with Gasteiger partial charge in [-0.1, -0.05) is 0 Å². The Kier molecular flexibility index (Phi) is 9.10. The van der Waals surface area contributed by atoms with Crippen LogP contribution in [0.5, 0.6) is 0 Å². The molecule has 20 heavy (non-hydrogen) atoms. The molecule has 1 atom stereocenters. The Morgan fingerprint density at radius 3 is 2.40 bits per heavy atom. The Balaban J connectivity index is 4.39. The molecule has 0 spiro atoms. The number of amides is 2. The quantitative estimate of drug-likeness (QED) is 0.582. The van der Waals surface area contributed by atoms with E-state index in [1.54, 1.807) is 6.92 Å². The number of urea groups is 1. The number of methoxy groups -OCH3 is 2. The maximum Gasteiger partial charge on any atom is 0.317 e. The van der Waals surface area contributed by atoms with Crippen LogP contribution in [0.2, 0.25) is 0 Å². The first kappa shape index (κ1) is 18.2. The maximum absolute atomic E-state index is 12.0. The Morgan fingerprint density at radius 1 is 1.25 bits per heavy atom. The summed E-state index contributed by atoms with van der Waals surface area (Å²) in [6, 6.07) is -0.928. The van der Waals surface area contributed by atoms with Crippen molar-refractivity contribution in [2.45, 2.75) is 25.8 Å². The predicted octanol–water partition coefficient (Wildman–Crippen LogP) is 0.0707. The number of aliphatic carboxylic acids is 1. The van der Waals surface area contributed by atoms with Crippen LogP contribution in [-0.2, 0) is 19.1 Å². The Labute approximate surface area is 118 Å². The third-order valence-corrected chi connectivity index (χ3v) is 2.52. The number of ether oxygens (including phenoxy) is 2. The van der Waals surface area contributed by atoms with Gasteiger partial charge in [0, 0.05) is 26.2 Å². The second kappa shape index (κ2) is 10.0. The fourth-order valence-electron chi connectivity index (χ4n) is 1.46. The van der Waals surface area contributed by atoms with Gasteiger partial charge in [-0.25, -0.2) is 4.79 Å². The van der Waals surface area contributed by atoms with Crippen molar-refractivity contribution in [2.75, 3.05) is 33.9 Å². The Hall–Kier alpha value is -1.83. The van der Waals surface area contributed by atoms with Gasteiger partial charge < -0.3 is 24.8 Å². The van der Waals surface area contributed by atoms with Gasteiger partial charge in [0.15, 0.2) is 0 Å². The van der Waals surface area contributed by atoms with Crippen LogP contribution < -0.4 is 5.32 Å². The van der Waals surface area contributed by atoms with E-state index in [4.69, 9.17) is 9.84 Å². The molecule has 0 bridgehead atoms. The highest BCUT2D eigenvalue weighted by Crippen LogP contribution is 1.98. The number of carboxylic acid groups (broad SMARTS) is 1. The normalized spacial score (nSPS) is 11.6. The van der Waals surface area contributed by atoms with E-state index in [2.05, 4.69) is 10.1 Å². The van der Waals surface area contributed by atoms with Crippen molar-refractivity contribution >= 4 is 18.0 Å². The molecule has 0 rings (SSSR count). The molecule has 0 aliphatic rings. The average Bonchev–Trinajstić information content (AvgIpc) is 2.37. The molecule has 0 aromatic carbocycles. The van der Waals surface area contributed by atoms with Gasteiger partial charge in [0.2, 0.25) is 0 Å². The van der Waals surface area contributed by atoms with E-state index in [1.807, 2.05) is 0 Å². The zero-order valence-electron chi connectivity index (χ0n) is 12.0. The average molecular weight is 290 g/mol. The number of hydrogen-bond donors (Lipinski definition) is 2. The van der Waals surface area contributed by atoms with E-state index in [9.17, 15) is 14.4 Å². The molecule has 0 saturated heterocycles. The lowest BCUT2D eigenvalue weighted by Gasteiger charge is -2.24. The summed E-state index contributed by atoms with van der Waals surface area (Å²) in [4.78, 5) is 35.0. The molecular formula is C12H22N2O6. The third kappa shape index (κ3) is 8.30. The van der Waals surface area contributed by atoms with Gasteiger partial charge in [0.1, 0.15) is 0 Å². The molecule has 116 valence electrons. The van der Waals surface area contributed by atoms with Crippen LogP contribution in [0.15, 0.2) is 0 Å². The standard InChI is InChI=1S/C12H22N2O6/c1-9(8-10(15)16)13-12(18)14(6-7-19-2)5-4-11(17)20-3/h9H,4-8H2,1-3H3,(H,13,18)(H,15,16). The minimum atomic E-state index is -0.990. The Morgan fingerprint density at radius 2 is 1.90 bits per heavy atom. The van der Waals surface area contributed by atoms with Crippen molar-refractivity contribution in [2.24, 2.45) is 0 Å². The second-order valence-electron chi connectivity index (χ2n) is 4.25. The van der Waals surface area contributed by atoms with Gasteiger partial charge in [0.05, 0.1) is 26.6 Å². The van der Waals surface area contributed by atoms with Crippen molar-refractivity contribution in [3.05, 3.63) is 0 Å². The first-order valence-corrected chi connectivity index (χ1v) is 6.23. The lowest BCUT2D eigenvalue weighted by molar-refractivity contribution is -0.141. The SMILES string of the molecule is COCCN(CCC(=O)OC)C(=O)NC(C)CC(=O)O. The number of esters is 1. The van der Waals surface area contributed by atoms with Gasteiger partial charge >= 0.3 is 18.0 Å². The van der Waals surface area contributed by atoms with Crippen LogP contribution in [0.4, 0.5) is 4.79 Å². The van der Waals surface area contributed by atoms with Crippen molar-refractivity contribution in [3.63, 3.8) is 0 Å². The van der Waals surface area contributed by atoms with Gasteiger partial charge in [-0.05, 0) is 6.92 Å². The number of nitrogens with zero attached hydrogens (tertiary/aromatic N) is 1. The summed E-state index contributed by atoms with van der Waals surface area (Å²) in [6.07, 6.45) is -0.0954. The van der Waals surface area contributed by atoms with E-state index in [0.29, 0.717) is 13.2 Å². The fraction of sp³-hybridized carbons (Fsp3) is 0.750. The lowest BCUT2D eigenvalue weighted by Crippen LogP contribution is -2.46. The molecular weight excluding hydrogens is 268 g/mol. The molecule has 0 aromatic rings. The van der Waals surface area contributed by atoms with Crippen LogP contribution in [0.3, 0.4) is 0 Å². The van der Waals surface area contributed by atoms with E-state index < -0.39 is 24.0 Å². The minimum absolute atomic E-state index is 0.0704. The molecule has 2 N–H and O–H groups in total. The largest absolute Gasteiger partial charge is 0.481 e. The molecule has 8 heteroatoms. The molecule has 0 saturated carbocycles. The maximum atomic E-state index is 12.0. The molecule has 0 aliphatic heterocycles. The van der Waals surface area contributed by atoms with Gasteiger partial charge in [-0.2, -0.15) is 0 Å². The molecule has 0 aliphatic carbocycles. The van der Waals surface area contributed by atoms with E-state index >= 15 is 0 Å². The number of nitrogens with one attached hydrogen (secondary N) is 1. The second-order valence-corrected chi connectivity index (χ2v) is 4.25. The smallest absolute Gasteiger partial charge is 0.317 e. The fourth-order valence-corrected chi connectivity index (χ4v) is 1.46. The minimum Gasteiger partial charge on any atom is -0.481 e. The topological polar surface area (TPSA) is 105 Å².